The molecule has 1 aliphatic carbocycles. The smallest absolute Gasteiger partial charge is 0.317 e. The van der Waals surface area contributed by atoms with Crippen molar-refractivity contribution >= 4 is 12.0 Å². The molecule has 2 amide bonds. The fourth-order valence-corrected chi connectivity index (χ4v) is 4.61. The molecule has 130 valence electrons. The number of hydrogen-bond donors (Lipinski definition) is 2. The normalized spacial score (nSPS) is 31.6. The maximum atomic E-state index is 12.6. The maximum Gasteiger partial charge on any atom is 0.317 e. The van der Waals surface area contributed by atoms with E-state index in [4.69, 9.17) is 0 Å². The zero-order chi connectivity index (χ0) is 16.9. The lowest BCUT2D eigenvalue weighted by Gasteiger charge is -2.27. The molecule has 3 atom stereocenters. The number of urea groups is 1. The first kappa shape index (κ1) is 15.4. The van der Waals surface area contributed by atoms with Gasteiger partial charge in [-0.05, 0) is 32.1 Å². The Labute approximate surface area is 140 Å². The monoisotopic (exact) mass is 333 g/mol. The van der Waals surface area contributed by atoms with Crippen LogP contribution in [0.2, 0.25) is 0 Å². The number of carbonyl (C=O) groups excluding carboxylic acids is 1. The SMILES string of the molecule is Cc1nc2n(n1)CC(NC(=O)N1C[C@@H]3CCC[C@@]3(C(=O)O)C1)CC2. The summed E-state index contributed by atoms with van der Waals surface area (Å²) < 4.78 is 1.86. The van der Waals surface area contributed by atoms with Gasteiger partial charge in [0.05, 0.1) is 18.0 Å². The highest BCUT2D eigenvalue weighted by Crippen LogP contribution is 2.48. The minimum Gasteiger partial charge on any atom is -0.481 e. The highest BCUT2D eigenvalue weighted by molar-refractivity contribution is 5.80. The summed E-state index contributed by atoms with van der Waals surface area (Å²) in [6, 6.07) is -0.123. The lowest BCUT2D eigenvalue weighted by Crippen LogP contribution is -2.48. The van der Waals surface area contributed by atoms with Crippen molar-refractivity contribution in [1.29, 1.82) is 0 Å². The maximum absolute atomic E-state index is 12.6. The quantitative estimate of drug-likeness (QED) is 0.834. The Morgan fingerprint density at radius 2 is 2.17 bits per heavy atom. The van der Waals surface area contributed by atoms with Crippen molar-refractivity contribution in [3.8, 4) is 0 Å². The molecule has 24 heavy (non-hydrogen) atoms. The summed E-state index contributed by atoms with van der Waals surface area (Å²) in [5, 5.41) is 17.0. The van der Waals surface area contributed by atoms with Gasteiger partial charge < -0.3 is 15.3 Å². The second-order valence-corrected chi connectivity index (χ2v) is 7.37. The predicted molar refractivity (Wildman–Crippen MR) is 84.4 cm³/mol. The molecular formula is C16H23N5O3. The van der Waals surface area contributed by atoms with Gasteiger partial charge >= 0.3 is 12.0 Å². The number of nitrogens with one attached hydrogen (secondary N) is 1. The molecule has 0 bridgehead atoms. The molecule has 0 radical (unpaired) electrons. The Bertz CT molecular complexity index is 687. The van der Waals surface area contributed by atoms with E-state index in [0.29, 0.717) is 26.1 Å². The second-order valence-electron chi connectivity index (χ2n) is 7.37. The molecule has 2 aliphatic heterocycles. The van der Waals surface area contributed by atoms with Gasteiger partial charge in [0, 0.05) is 19.5 Å². The van der Waals surface area contributed by atoms with E-state index >= 15 is 0 Å². The van der Waals surface area contributed by atoms with Crippen LogP contribution in [0.4, 0.5) is 4.79 Å². The van der Waals surface area contributed by atoms with Crippen LogP contribution in [0.5, 0.6) is 0 Å². The molecule has 1 unspecified atom stereocenters. The lowest BCUT2D eigenvalue weighted by atomic mass is 9.81. The summed E-state index contributed by atoms with van der Waals surface area (Å²) in [6.07, 6.45) is 4.17. The number of likely N-dealkylation sites (tertiary alicyclic amines) is 1. The van der Waals surface area contributed by atoms with Gasteiger partial charge in [-0.15, -0.1) is 0 Å². The average Bonchev–Trinajstić information content (AvgIpc) is 3.17. The van der Waals surface area contributed by atoms with Crippen molar-refractivity contribution in [3.63, 3.8) is 0 Å². The van der Waals surface area contributed by atoms with Crippen LogP contribution in [0, 0.1) is 18.3 Å². The number of aliphatic carboxylic acids is 1. The molecule has 1 saturated carbocycles. The van der Waals surface area contributed by atoms with Crippen molar-refractivity contribution < 1.29 is 14.7 Å². The van der Waals surface area contributed by atoms with Gasteiger partial charge in [-0.1, -0.05) is 6.42 Å². The topological polar surface area (TPSA) is 100 Å². The summed E-state index contributed by atoms with van der Waals surface area (Å²) in [7, 11) is 0. The molecule has 3 heterocycles. The third-order valence-electron chi connectivity index (χ3n) is 5.88. The van der Waals surface area contributed by atoms with Crippen molar-refractivity contribution in [3.05, 3.63) is 11.6 Å². The number of carboxylic acid groups (broad SMARTS) is 1. The average molecular weight is 333 g/mol. The minimum atomic E-state index is -0.749. The molecule has 3 aliphatic rings. The highest BCUT2D eigenvalue weighted by Gasteiger charge is 2.55. The lowest BCUT2D eigenvalue weighted by molar-refractivity contribution is -0.149. The van der Waals surface area contributed by atoms with Crippen LogP contribution < -0.4 is 5.32 Å². The second kappa shape index (κ2) is 5.46. The van der Waals surface area contributed by atoms with Crippen LogP contribution in [0.15, 0.2) is 0 Å². The fourth-order valence-electron chi connectivity index (χ4n) is 4.61. The number of rotatable bonds is 2. The summed E-state index contributed by atoms with van der Waals surface area (Å²) >= 11 is 0. The molecule has 1 aromatic rings. The van der Waals surface area contributed by atoms with E-state index < -0.39 is 11.4 Å². The van der Waals surface area contributed by atoms with Crippen LogP contribution >= 0.6 is 0 Å². The zero-order valence-electron chi connectivity index (χ0n) is 13.9. The number of amides is 2. The Morgan fingerprint density at radius 1 is 1.33 bits per heavy atom. The van der Waals surface area contributed by atoms with Gasteiger partial charge in [-0.2, -0.15) is 5.10 Å². The molecule has 8 nitrogen and oxygen atoms in total. The first-order valence-electron chi connectivity index (χ1n) is 8.67. The number of fused-ring (bicyclic) bond motifs is 2. The summed E-state index contributed by atoms with van der Waals surface area (Å²) in [6.45, 7) is 3.38. The van der Waals surface area contributed by atoms with E-state index in [0.717, 1.165) is 37.3 Å². The largest absolute Gasteiger partial charge is 0.481 e. The zero-order valence-corrected chi connectivity index (χ0v) is 13.9. The molecule has 2 N–H and O–H groups in total. The van der Waals surface area contributed by atoms with Gasteiger partial charge in [-0.25, -0.2) is 14.5 Å². The van der Waals surface area contributed by atoms with Crippen LogP contribution in [0.3, 0.4) is 0 Å². The number of aromatic nitrogens is 3. The van der Waals surface area contributed by atoms with E-state index in [1.807, 2.05) is 11.6 Å². The van der Waals surface area contributed by atoms with Crippen LogP contribution in [0.25, 0.3) is 0 Å². The summed E-state index contributed by atoms with van der Waals surface area (Å²) in [5.74, 6) is 1.07. The number of hydrogen-bond acceptors (Lipinski definition) is 4. The van der Waals surface area contributed by atoms with Crippen molar-refractivity contribution in [2.75, 3.05) is 13.1 Å². The van der Waals surface area contributed by atoms with E-state index in [1.54, 1.807) is 4.90 Å². The van der Waals surface area contributed by atoms with E-state index in [1.165, 1.54) is 0 Å². The number of nitrogens with zero attached hydrogens (tertiary/aromatic N) is 4. The fraction of sp³-hybridized carbons (Fsp3) is 0.750. The highest BCUT2D eigenvalue weighted by atomic mass is 16.4. The molecule has 0 spiro atoms. The molecule has 4 rings (SSSR count). The van der Waals surface area contributed by atoms with Crippen molar-refractivity contribution in [2.45, 2.75) is 51.6 Å². The molecule has 2 fully saturated rings. The first-order chi connectivity index (χ1) is 11.5. The van der Waals surface area contributed by atoms with Gasteiger partial charge in [0.2, 0.25) is 0 Å². The van der Waals surface area contributed by atoms with Crippen LogP contribution in [0.1, 0.15) is 37.3 Å². The number of carboxylic acids is 1. The molecule has 1 saturated heterocycles. The summed E-state index contributed by atoms with van der Waals surface area (Å²) in [5.41, 5.74) is -0.722. The van der Waals surface area contributed by atoms with Crippen LogP contribution in [-0.2, 0) is 17.8 Å². The Hall–Kier alpha value is -2.12. The summed E-state index contributed by atoms with van der Waals surface area (Å²) in [4.78, 5) is 30.4. The van der Waals surface area contributed by atoms with Gasteiger partial charge in [0.25, 0.3) is 0 Å². The Balaban J connectivity index is 1.40. The number of aryl methyl sites for hydroxylation is 2. The predicted octanol–water partition coefficient (Wildman–Crippen LogP) is 0.798. The molecule has 1 aromatic heterocycles. The number of carbonyl (C=O) groups is 2. The van der Waals surface area contributed by atoms with E-state index in [-0.39, 0.29) is 18.0 Å². The Kier molecular flexibility index (Phi) is 3.51. The van der Waals surface area contributed by atoms with Crippen LogP contribution in [-0.4, -0.2) is 55.9 Å². The molecule has 8 heteroatoms. The molecular weight excluding hydrogens is 310 g/mol. The standard InChI is InChI=1S/C16H23N5O3/c1-10-17-13-5-4-12(8-21(13)19-10)18-15(24)20-7-11-3-2-6-16(11,9-20)14(22)23/h11-12H,2-9H2,1H3,(H,18,24)(H,22,23)/t11-,12?,16+/m0/s1. The first-order valence-corrected chi connectivity index (χ1v) is 8.67. The van der Waals surface area contributed by atoms with Crippen molar-refractivity contribution in [2.24, 2.45) is 11.3 Å². The van der Waals surface area contributed by atoms with E-state index in [2.05, 4.69) is 15.4 Å². The minimum absolute atomic E-state index is 0.0207. The molecule has 0 aromatic carbocycles. The van der Waals surface area contributed by atoms with Gasteiger partial charge in [0.15, 0.2) is 0 Å². The van der Waals surface area contributed by atoms with Gasteiger partial charge in [-0.3, -0.25) is 4.79 Å². The third kappa shape index (κ3) is 2.35. The third-order valence-corrected chi connectivity index (χ3v) is 5.88. The van der Waals surface area contributed by atoms with Gasteiger partial charge in [0.1, 0.15) is 11.6 Å². The van der Waals surface area contributed by atoms with E-state index in [9.17, 15) is 14.7 Å². The van der Waals surface area contributed by atoms with Crippen molar-refractivity contribution in [1.82, 2.24) is 25.0 Å². The Morgan fingerprint density at radius 3 is 2.92 bits per heavy atom.